The molecule has 6 heteroatoms. The predicted octanol–water partition coefficient (Wildman–Crippen LogP) is 2.91. The minimum Gasteiger partial charge on any atom is -0.369 e. The fourth-order valence-corrected chi connectivity index (χ4v) is 3.48. The van der Waals surface area contributed by atoms with Crippen LogP contribution in [0.5, 0.6) is 0 Å². The summed E-state index contributed by atoms with van der Waals surface area (Å²) in [5.74, 6) is 1.49. The van der Waals surface area contributed by atoms with Gasteiger partial charge in [-0.05, 0) is 34.3 Å². The average Bonchev–Trinajstić information content (AvgIpc) is 2.94. The normalized spacial score (nSPS) is 18.5. The highest BCUT2D eigenvalue weighted by molar-refractivity contribution is 9.10. The van der Waals surface area contributed by atoms with Crippen LogP contribution in [0.4, 0.5) is 5.82 Å². The minimum absolute atomic E-state index is 0.257. The molecule has 1 unspecified atom stereocenters. The Hall–Kier alpha value is -1.30. The van der Waals surface area contributed by atoms with Crippen molar-refractivity contribution < 1.29 is 0 Å². The standard InChI is InChI=1S/C13H18BrN5/c1-8(2)12-11(14)13-15-6-4-10(19(13)17-12)9-5-7-16-18(9)3/h5,7-8,10,15H,4,6H2,1-3H3. The Morgan fingerprint density at radius 2 is 2.26 bits per heavy atom. The molecule has 0 spiro atoms. The van der Waals surface area contributed by atoms with Crippen molar-refractivity contribution in [3.05, 3.63) is 28.1 Å². The molecule has 0 fully saturated rings. The zero-order chi connectivity index (χ0) is 13.6. The summed E-state index contributed by atoms with van der Waals surface area (Å²) in [6, 6.07) is 2.33. The summed E-state index contributed by atoms with van der Waals surface area (Å²) in [6.45, 7) is 5.29. The second-order valence-electron chi connectivity index (χ2n) is 5.26. The molecule has 1 N–H and O–H groups in total. The first kappa shape index (κ1) is 12.7. The molecule has 19 heavy (non-hydrogen) atoms. The van der Waals surface area contributed by atoms with Crippen LogP contribution in [0.15, 0.2) is 16.7 Å². The van der Waals surface area contributed by atoms with Crippen molar-refractivity contribution in [1.29, 1.82) is 0 Å². The molecule has 0 saturated heterocycles. The van der Waals surface area contributed by atoms with Gasteiger partial charge in [0.1, 0.15) is 5.82 Å². The van der Waals surface area contributed by atoms with Crippen LogP contribution in [0, 0.1) is 0 Å². The summed E-state index contributed by atoms with van der Waals surface area (Å²) in [4.78, 5) is 0. The van der Waals surface area contributed by atoms with Gasteiger partial charge in [-0.2, -0.15) is 10.2 Å². The summed E-state index contributed by atoms with van der Waals surface area (Å²) in [5, 5.41) is 12.5. The van der Waals surface area contributed by atoms with Crippen LogP contribution in [0.3, 0.4) is 0 Å². The van der Waals surface area contributed by atoms with Crippen LogP contribution in [-0.4, -0.2) is 26.1 Å². The Balaban J connectivity index is 2.10. The lowest BCUT2D eigenvalue weighted by molar-refractivity contribution is 0.448. The zero-order valence-electron chi connectivity index (χ0n) is 11.4. The summed E-state index contributed by atoms with van der Waals surface area (Å²) in [7, 11) is 1.99. The van der Waals surface area contributed by atoms with Crippen molar-refractivity contribution in [2.45, 2.75) is 32.2 Å². The summed E-state index contributed by atoms with van der Waals surface area (Å²) in [6.07, 6.45) is 2.87. The number of aryl methyl sites for hydroxylation is 1. The van der Waals surface area contributed by atoms with Gasteiger partial charge in [-0.25, -0.2) is 4.68 Å². The second kappa shape index (κ2) is 4.67. The highest BCUT2D eigenvalue weighted by Crippen LogP contribution is 2.37. The fraction of sp³-hybridized carbons (Fsp3) is 0.538. The number of aromatic nitrogens is 4. The van der Waals surface area contributed by atoms with Gasteiger partial charge in [-0.15, -0.1) is 0 Å². The molecule has 3 heterocycles. The third-order valence-electron chi connectivity index (χ3n) is 3.63. The van der Waals surface area contributed by atoms with Gasteiger partial charge in [0.25, 0.3) is 0 Å². The van der Waals surface area contributed by atoms with E-state index in [-0.39, 0.29) is 6.04 Å². The first-order chi connectivity index (χ1) is 9.09. The van der Waals surface area contributed by atoms with Crippen molar-refractivity contribution in [1.82, 2.24) is 19.6 Å². The molecule has 1 aliphatic rings. The Morgan fingerprint density at radius 3 is 2.89 bits per heavy atom. The van der Waals surface area contributed by atoms with Crippen molar-refractivity contribution in [2.75, 3.05) is 11.9 Å². The smallest absolute Gasteiger partial charge is 0.139 e. The highest BCUT2D eigenvalue weighted by Gasteiger charge is 2.28. The van der Waals surface area contributed by atoms with Gasteiger partial charge in [-0.3, -0.25) is 4.68 Å². The highest BCUT2D eigenvalue weighted by atomic mass is 79.9. The molecule has 102 valence electrons. The van der Waals surface area contributed by atoms with Crippen molar-refractivity contribution in [2.24, 2.45) is 7.05 Å². The average molecular weight is 324 g/mol. The Morgan fingerprint density at radius 1 is 1.47 bits per heavy atom. The molecular formula is C13H18BrN5. The summed E-state index contributed by atoms with van der Waals surface area (Å²) in [5.41, 5.74) is 2.31. The van der Waals surface area contributed by atoms with Crippen LogP contribution in [-0.2, 0) is 7.05 Å². The van der Waals surface area contributed by atoms with Crippen LogP contribution < -0.4 is 5.32 Å². The lowest BCUT2D eigenvalue weighted by Gasteiger charge is -2.25. The van der Waals surface area contributed by atoms with Crippen molar-refractivity contribution >= 4 is 21.7 Å². The van der Waals surface area contributed by atoms with Gasteiger partial charge in [0, 0.05) is 19.8 Å². The predicted molar refractivity (Wildman–Crippen MR) is 78.5 cm³/mol. The first-order valence-electron chi connectivity index (χ1n) is 6.59. The van der Waals surface area contributed by atoms with Crippen LogP contribution >= 0.6 is 15.9 Å². The van der Waals surface area contributed by atoms with Crippen molar-refractivity contribution in [3.8, 4) is 0 Å². The second-order valence-corrected chi connectivity index (χ2v) is 6.05. The number of nitrogens with zero attached hydrogens (tertiary/aromatic N) is 4. The summed E-state index contributed by atoms with van der Waals surface area (Å²) < 4.78 is 5.12. The maximum Gasteiger partial charge on any atom is 0.139 e. The largest absolute Gasteiger partial charge is 0.369 e. The molecule has 2 aromatic rings. The van der Waals surface area contributed by atoms with E-state index in [0.717, 1.165) is 29.0 Å². The van der Waals surface area contributed by atoms with Crippen LogP contribution in [0.25, 0.3) is 0 Å². The quantitative estimate of drug-likeness (QED) is 0.924. The van der Waals surface area contributed by atoms with Crippen LogP contribution in [0.2, 0.25) is 0 Å². The first-order valence-corrected chi connectivity index (χ1v) is 7.38. The van der Waals surface area contributed by atoms with Gasteiger partial charge in [-0.1, -0.05) is 13.8 Å². The van der Waals surface area contributed by atoms with E-state index in [1.165, 1.54) is 5.69 Å². The van der Waals surface area contributed by atoms with E-state index in [1.54, 1.807) is 0 Å². The number of rotatable bonds is 2. The van der Waals surface area contributed by atoms with Crippen molar-refractivity contribution in [3.63, 3.8) is 0 Å². The number of anilines is 1. The molecule has 0 bridgehead atoms. The van der Waals surface area contributed by atoms with E-state index in [1.807, 2.05) is 17.9 Å². The van der Waals surface area contributed by atoms with Gasteiger partial charge in [0.2, 0.25) is 0 Å². The molecule has 0 radical (unpaired) electrons. The third kappa shape index (κ3) is 1.98. The number of hydrogen-bond acceptors (Lipinski definition) is 3. The molecule has 1 atom stereocenters. The van der Waals surface area contributed by atoms with Crippen LogP contribution in [0.1, 0.15) is 43.6 Å². The molecule has 1 aliphatic heterocycles. The van der Waals surface area contributed by atoms with E-state index >= 15 is 0 Å². The Bertz CT molecular complexity index is 598. The van der Waals surface area contributed by atoms with Gasteiger partial charge < -0.3 is 5.32 Å². The van der Waals surface area contributed by atoms with E-state index in [4.69, 9.17) is 5.10 Å². The zero-order valence-corrected chi connectivity index (χ0v) is 13.0. The number of fused-ring (bicyclic) bond motifs is 1. The van der Waals surface area contributed by atoms with Gasteiger partial charge >= 0.3 is 0 Å². The lowest BCUT2D eigenvalue weighted by Crippen LogP contribution is -2.26. The topological polar surface area (TPSA) is 47.7 Å². The maximum atomic E-state index is 4.79. The molecular weight excluding hydrogens is 306 g/mol. The van der Waals surface area contributed by atoms with E-state index in [0.29, 0.717) is 5.92 Å². The SMILES string of the molecule is CC(C)c1nn2c(c1Br)NCCC2c1ccnn1C. The Kier molecular flexibility index (Phi) is 3.12. The molecule has 0 saturated carbocycles. The summed E-state index contributed by atoms with van der Waals surface area (Å²) >= 11 is 3.68. The third-order valence-corrected chi connectivity index (χ3v) is 4.41. The van der Waals surface area contributed by atoms with E-state index < -0.39 is 0 Å². The Labute approximate surface area is 121 Å². The number of halogens is 1. The molecule has 2 aromatic heterocycles. The molecule has 0 aliphatic carbocycles. The lowest BCUT2D eigenvalue weighted by atomic mass is 10.1. The van der Waals surface area contributed by atoms with Gasteiger partial charge in [0.05, 0.1) is 21.9 Å². The molecule has 0 aromatic carbocycles. The molecule has 0 amide bonds. The fourth-order valence-electron chi connectivity index (χ4n) is 2.62. The maximum absolute atomic E-state index is 4.79. The van der Waals surface area contributed by atoms with Gasteiger partial charge in [0.15, 0.2) is 0 Å². The number of nitrogens with one attached hydrogen (secondary N) is 1. The molecule has 5 nitrogen and oxygen atoms in total. The van der Waals surface area contributed by atoms with E-state index in [2.05, 4.69) is 50.9 Å². The molecule has 3 rings (SSSR count). The number of hydrogen-bond donors (Lipinski definition) is 1. The monoisotopic (exact) mass is 323 g/mol. The minimum atomic E-state index is 0.257. The van der Waals surface area contributed by atoms with E-state index in [9.17, 15) is 0 Å².